The number of sulfonamides is 1. The minimum atomic E-state index is -4.06. The van der Waals surface area contributed by atoms with E-state index in [9.17, 15) is 22.8 Å². The summed E-state index contributed by atoms with van der Waals surface area (Å²) in [6, 6.07) is 21.3. The summed E-state index contributed by atoms with van der Waals surface area (Å²) in [5.41, 5.74) is 1.98. The number of halogens is 1. The molecule has 0 saturated carbocycles. The molecule has 0 aliphatic carbocycles. The van der Waals surface area contributed by atoms with Crippen LogP contribution in [0.25, 0.3) is 10.4 Å². The first-order valence-electron chi connectivity index (χ1n) is 12.8. The van der Waals surface area contributed by atoms with E-state index in [0.29, 0.717) is 5.69 Å². The average molecular weight is 627 g/mol. The Labute approximate surface area is 252 Å². The highest BCUT2D eigenvalue weighted by molar-refractivity contribution is 7.92. The van der Waals surface area contributed by atoms with Crippen LogP contribution in [0.3, 0.4) is 0 Å². The minimum Gasteiger partial charge on any atom is -0.462 e. The predicted molar refractivity (Wildman–Crippen MR) is 163 cm³/mol. The van der Waals surface area contributed by atoms with Gasteiger partial charge in [0, 0.05) is 10.6 Å². The number of thiophene rings is 1. The van der Waals surface area contributed by atoms with E-state index in [1.807, 2.05) is 43.3 Å². The molecule has 0 radical (unpaired) electrons. The predicted octanol–water partition coefficient (Wildman–Crippen LogP) is 6.54. The topological polar surface area (TPSA) is 128 Å². The molecule has 1 aromatic heterocycles. The number of hydrogen-bond acceptors (Lipinski definition) is 8. The van der Waals surface area contributed by atoms with Crippen molar-refractivity contribution in [2.45, 2.75) is 31.8 Å². The average Bonchev–Trinajstić information content (AvgIpc) is 3.37. The van der Waals surface area contributed by atoms with E-state index in [4.69, 9.17) is 21.1 Å². The third kappa shape index (κ3) is 7.35. The van der Waals surface area contributed by atoms with E-state index in [1.165, 1.54) is 30.4 Å². The summed E-state index contributed by atoms with van der Waals surface area (Å²) < 4.78 is 38.9. The molecule has 0 aliphatic heterocycles. The Hall–Kier alpha value is -4.19. The number of rotatable bonds is 10. The van der Waals surface area contributed by atoms with Crippen LogP contribution in [0.5, 0.6) is 0 Å². The molecule has 1 amide bonds. The molecule has 218 valence electrons. The number of anilines is 2. The highest BCUT2D eigenvalue weighted by Crippen LogP contribution is 2.36. The first kappa shape index (κ1) is 30.8. The number of carbonyl (C=O) groups is 3. The van der Waals surface area contributed by atoms with Gasteiger partial charge in [-0.05, 0) is 68.3 Å². The van der Waals surface area contributed by atoms with Crippen molar-refractivity contribution >= 4 is 61.5 Å². The Kier molecular flexibility index (Phi) is 9.66. The van der Waals surface area contributed by atoms with Crippen LogP contribution >= 0.6 is 22.9 Å². The normalized spacial score (nSPS) is 11.8. The lowest BCUT2D eigenvalue weighted by Gasteiger charge is -2.15. The maximum Gasteiger partial charge on any atom is 0.341 e. The van der Waals surface area contributed by atoms with Crippen molar-refractivity contribution in [3.8, 4) is 10.4 Å². The molecule has 12 heteroatoms. The molecule has 9 nitrogen and oxygen atoms in total. The van der Waals surface area contributed by atoms with Gasteiger partial charge in [0.15, 0.2) is 6.10 Å². The lowest BCUT2D eigenvalue weighted by molar-refractivity contribution is -0.123. The van der Waals surface area contributed by atoms with Gasteiger partial charge in [-0.15, -0.1) is 11.3 Å². The number of hydrogen-bond donors (Lipinski definition) is 2. The first-order chi connectivity index (χ1) is 20.0. The third-order valence-corrected chi connectivity index (χ3v) is 8.72. The molecule has 2 N–H and O–H groups in total. The van der Waals surface area contributed by atoms with Gasteiger partial charge >= 0.3 is 11.9 Å². The van der Waals surface area contributed by atoms with Gasteiger partial charge in [0.05, 0.1) is 27.7 Å². The standard InChI is InChI=1S/C30H27ClN2O7S2/c1-4-39-29(35)24-17-26(20-10-6-5-7-11-20)41-28(24)32-27(34)19(3)40-30(36)23-16-22(13-14-25(23)31)42(37,38)33-21-12-8-9-18(2)15-21/h5-17,19,33H,4H2,1-3H3,(H,32,34)/t19-/m1/s1. The van der Waals surface area contributed by atoms with Crippen molar-refractivity contribution < 1.29 is 32.3 Å². The van der Waals surface area contributed by atoms with Crippen LogP contribution in [-0.2, 0) is 24.3 Å². The Morgan fingerprint density at radius 3 is 2.36 bits per heavy atom. The summed E-state index contributed by atoms with van der Waals surface area (Å²) in [5.74, 6) is -2.33. The molecule has 4 aromatic rings. The third-order valence-electron chi connectivity index (χ3n) is 5.91. The monoisotopic (exact) mass is 626 g/mol. The number of esters is 2. The fourth-order valence-corrected chi connectivity index (χ4v) is 6.16. The summed E-state index contributed by atoms with van der Waals surface area (Å²) in [6.45, 7) is 4.99. The second kappa shape index (κ2) is 13.2. The van der Waals surface area contributed by atoms with Crippen LogP contribution in [0.15, 0.2) is 83.8 Å². The molecule has 3 aromatic carbocycles. The molecule has 0 saturated heterocycles. The number of carbonyl (C=O) groups excluding carboxylic acids is 3. The van der Waals surface area contributed by atoms with Crippen LogP contribution < -0.4 is 10.0 Å². The van der Waals surface area contributed by atoms with Crippen LogP contribution in [0.4, 0.5) is 10.7 Å². The Balaban J connectivity index is 1.51. The van der Waals surface area contributed by atoms with Crippen LogP contribution in [0.1, 0.15) is 40.1 Å². The molecule has 42 heavy (non-hydrogen) atoms. The Morgan fingerprint density at radius 2 is 1.67 bits per heavy atom. The molecule has 4 rings (SSSR count). The number of amides is 1. The highest BCUT2D eigenvalue weighted by Gasteiger charge is 2.26. The van der Waals surface area contributed by atoms with Crippen molar-refractivity contribution in [1.29, 1.82) is 0 Å². The molecule has 1 heterocycles. The SMILES string of the molecule is CCOC(=O)c1cc(-c2ccccc2)sc1NC(=O)[C@@H](C)OC(=O)c1cc(S(=O)(=O)Nc2cccc(C)c2)ccc1Cl. The highest BCUT2D eigenvalue weighted by atomic mass is 35.5. The summed E-state index contributed by atoms with van der Waals surface area (Å²) in [5, 5.41) is 2.81. The summed E-state index contributed by atoms with van der Waals surface area (Å²) >= 11 is 7.36. The van der Waals surface area contributed by atoms with Crippen molar-refractivity contribution in [3.05, 3.63) is 101 Å². The lowest BCUT2D eigenvalue weighted by atomic mass is 10.1. The van der Waals surface area contributed by atoms with Gasteiger partial charge in [0.2, 0.25) is 0 Å². The summed E-state index contributed by atoms with van der Waals surface area (Å²) in [4.78, 5) is 39.1. The summed E-state index contributed by atoms with van der Waals surface area (Å²) in [6.07, 6.45) is -1.32. The number of aryl methyl sites for hydroxylation is 1. The first-order valence-corrected chi connectivity index (χ1v) is 15.4. The van der Waals surface area contributed by atoms with E-state index in [-0.39, 0.29) is 32.7 Å². The Morgan fingerprint density at radius 1 is 0.929 bits per heavy atom. The van der Waals surface area contributed by atoms with Crippen LogP contribution in [0.2, 0.25) is 5.02 Å². The smallest absolute Gasteiger partial charge is 0.341 e. The molecule has 0 unspecified atom stereocenters. The summed E-state index contributed by atoms with van der Waals surface area (Å²) in [7, 11) is -4.06. The largest absolute Gasteiger partial charge is 0.462 e. The molecular formula is C30H27ClN2O7S2. The van der Waals surface area contributed by atoms with Gasteiger partial charge in [0.1, 0.15) is 5.00 Å². The van der Waals surface area contributed by atoms with Crippen molar-refractivity contribution in [2.24, 2.45) is 0 Å². The van der Waals surface area contributed by atoms with Gasteiger partial charge < -0.3 is 14.8 Å². The number of ether oxygens (including phenoxy) is 2. The van der Waals surface area contributed by atoms with Crippen molar-refractivity contribution in [3.63, 3.8) is 0 Å². The second-order valence-corrected chi connectivity index (χ2v) is 12.2. The maximum absolute atomic E-state index is 13.0. The van der Waals surface area contributed by atoms with Gasteiger partial charge in [0.25, 0.3) is 15.9 Å². The Bertz CT molecular complexity index is 1740. The van der Waals surface area contributed by atoms with Crippen LogP contribution in [0, 0.1) is 6.92 Å². The van der Waals surface area contributed by atoms with Gasteiger partial charge in [-0.25, -0.2) is 18.0 Å². The molecule has 0 spiro atoms. The molecule has 0 aliphatic rings. The number of benzene rings is 3. The van der Waals surface area contributed by atoms with Gasteiger partial charge in [-0.3, -0.25) is 9.52 Å². The van der Waals surface area contributed by atoms with Gasteiger partial charge in [-0.2, -0.15) is 0 Å². The van der Waals surface area contributed by atoms with E-state index < -0.39 is 34.0 Å². The fourth-order valence-electron chi connectivity index (χ4n) is 3.83. The molecule has 1 atom stereocenters. The number of nitrogens with one attached hydrogen (secondary N) is 2. The van der Waals surface area contributed by atoms with E-state index in [0.717, 1.165) is 22.1 Å². The van der Waals surface area contributed by atoms with E-state index in [2.05, 4.69) is 10.0 Å². The minimum absolute atomic E-state index is 0.0579. The zero-order valence-corrected chi connectivity index (χ0v) is 25.2. The van der Waals surface area contributed by atoms with E-state index in [1.54, 1.807) is 31.2 Å². The second-order valence-electron chi connectivity index (χ2n) is 9.09. The van der Waals surface area contributed by atoms with Gasteiger partial charge in [-0.1, -0.05) is 54.1 Å². The fraction of sp³-hybridized carbons (Fsp3) is 0.167. The molecule has 0 fully saturated rings. The van der Waals surface area contributed by atoms with Crippen LogP contribution in [-0.4, -0.2) is 39.0 Å². The van der Waals surface area contributed by atoms with Crippen molar-refractivity contribution in [2.75, 3.05) is 16.6 Å². The zero-order valence-electron chi connectivity index (χ0n) is 22.8. The quantitative estimate of drug-likeness (QED) is 0.191. The van der Waals surface area contributed by atoms with Crippen molar-refractivity contribution in [1.82, 2.24) is 0 Å². The maximum atomic E-state index is 13.0. The molecular weight excluding hydrogens is 600 g/mol. The zero-order chi connectivity index (χ0) is 30.4. The molecule has 0 bridgehead atoms. The lowest BCUT2D eigenvalue weighted by Crippen LogP contribution is -2.30. The van der Waals surface area contributed by atoms with E-state index >= 15 is 0 Å².